The predicted octanol–water partition coefficient (Wildman–Crippen LogP) is 2.83. The third-order valence-corrected chi connectivity index (χ3v) is 2.30. The third-order valence-electron chi connectivity index (χ3n) is 1.98. The Hall–Kier alpha value is -1.30. The van der Waals surface area contributed by atoms with Crippen molar-refractivity contribution in [3.05, 3.63) is 40.4 Å². The van der Waals surface area contributed by atoms with E-state index in [-0.39, 0.29) is 0 Å². The van der Waals surface area contributed by atoms with E-state index in [1.165, 1.54) is 0 Å². The maximum atomic E-state index is 8.69. The summed E-state index contributed by atoms with van der Waals surface area (Å²) in [5.74, 6) is 0. The van der Waals surface area contributed by atoms with Gasteiger partial charge in [0.25, 0.3) is 0 Å². The molecule has 1 aromatic rings. The molecule has 0 fully saturated rings. The van der Waals surface area contributed by atoms with E-state index < -0.39 is 0 Å². The number of nitriles is 1. The van der Waals surface area contributed by atoms with Crippen molar-refractivity contribution in [2.75, 3.05) is 13.6 Å². The quantitative estimate of drug-likeness (QED) is 0.793. The number of rotatable bonds is 4. The number of hydrogen-bond acceptors (Lipinski definition) is 2. The van der Waals surface area contributed by atoms with Crippen LogP contribution in [-0.2, 0) is 0 Å². The van der Waals surface area contributed by atoms with Gasteiger partial charge in [0.1, 0.15) is 6.07 Å². The largest absolute Gasteiger partial charge is 0.319 e. The molecule has 78 valence electrons. The summed E-state index contributed by atoms with van der Waals surface area (Å²) >= 11 is 5.90. The molecule has 2 nitrogen and oxygen atoms in total. The summed E-state index contributed by atoms with van der Waals surface area (Å²) in [6.07, 6.45) is 5.06. The second-order valence-corrected chi connectivity index (χ2v) is 3.55. The Morgan fingerprint density at radius 1 is 1.53 bits per heavy atom. The van der Waals surface area contributed by atoms with Crippen LogP contribution in [0.3, 0.4) is 0 Å². The summed E-state index contributed by atoms with van der Waals surface area (Å²) in [7, 11) is 1.92. The van der Waals surface area contributed by atoms with Crippen molar-refractivity contribution in [3.8, 4) is 6.07 Å². The molecule has 1 rings (SSSR count). The van der Waals surface area contributed by atoms with E-state index in [2.05, 4.69) is 11.4 Å². The van der Waals surface area contributed by atoms with E-state index in [1.807, 2.05) is 25.3 Å². The lowest BCUT2D eigenvalue weighted by Crippen LogP contribution is -2.05. The van der Waals surface area contributed by atoms with Gasteiger partial charge in [-0.3, -0.25) is 0 Å². The summed E-state index contributed by atoms with van der Waals surface area (Å²) in [4.78, 5) is 0. The number of nitrogens with one attached hydrogen (secondary N) is 1. The molecule has 0 bridgehead atoms. The van der Waals surface area contributed by atoms with Gasteiger partial charge in [0.15, 0.2) is 0 Å². The van der Waals surface area contributed by atoms with Crippen LogP contribution >= 0.6 is 11.6 Å². The monoisotopic (exact) mass is 220 g/mol. The average molecular weight is 221 g/mol. The Morgan fingerprint density at radius 2 is 2.33 bits per heavy atom. The van der Waals surface area contributed by atoms with Crippen molar-refractivity contribution in [3.63, 3.8) is 0 Å². The topological polar surface area (TPSA) is 35.8 Å². The minimum Gasteiger partial charge on any atom is -0.319 e. The summed E-state index contributed by atoms with van der Waals surface area (Å²) in [5, 5.41) is 12.3. The zero-order chi connectivity index (χ0) is 11.1. The normalized spacial score (nSPS) is 10.5. The molecule has 0 saturated carbocycles. The van der Waals surface area contributed by atoms with Gasteiger partial charge in [-0.25, -0.2) is 0 Å². The number of halogens is 1. The molecule has 0 spiro atoms. The van der Waals surface area contributed by atoms with Crippen LogP contribution in [0, 0.1) is 11.3 Å². The molecule has 0 saturated heterocycles. The van der Waals surface area contributed by atoms with Gasteiger partial charge in [0, 0.05) is 0 Å². The minimum absolute atomic E-state index is 0.508. The first-order valence-corrected chi connectivity index (χ1v) is 5.16. The molecule has 3 heteroatoms. The summed E-state index contributed by atoms with van der Waals surface area (Å²) in [6.45, 7) is 0.959. The third kappa shape index (κ3) is 3.75. The molecular formula is C12H13ClN2. The van der Waals surface area contributed by atoms with Crippen LogP contribution in [0.2, 0.25) is 5.02 Å². The second kappa shape index (κ2) is 6.23. The van der Waals surface area contributed by atoms with Gasteiger partial charge in [0.05, 0.1) is 10.6 Å². The molecule has 0 aliphatic carbocycles. The lowest BCUT2D eigenvalue weighted by atomic mass is 10.1. The molecule has 1 aromatic carbocycles. The standard InChI is InChI=1S/C12H13ClN2/c1-15-7-3-2-4-10-5-6-11(9-14)12(13)8-10/h2,4-6,8,15H,3,7H2,1H3. The Bertz CT molecular complexity index is 391. The lowest BCUT2D eigenvalue weighted by molar-refractivity contribution is 0.809. The van der Waals surface area contributed by atoms with Gasteiger partial charge in [-0.15, -0.1) is 0 Å². The van der Waals surface area contributed by atoms with E-state index in [4.69, 9.17) is 16.9 Å². The van der Waals surface area contributed by atoms with Gasteiger partial charge < -0.3 is 5.32 Å². The first-order chi connectivity index (χ1) is 7.27. The molecule has 0 amide bonds. The summed E-state index contributed by atoms with van der Waals surface area (Å²) < 4.78 is 0. The van der Waals surface area contributed by atoms with E-state index in [9.17, 15) is 0 Å². The first-order valence-electron chi connectivity index (χ1n) is 4.78. The van der Waals surface area contributed by atoms with Crippen molar-refractivity contribution in [2.24, 2.45) is 0 Å². The van der Waals surface area contributed by atoms with Gasteiger partial charge in [0.2, 0.25) is 0 Å². The fraction of sp³-hybridized carbons (Fsp3) is 0.250. The highest BCUT2D eigenvalue weighted by atomic mass is 35.5. The van der Waals surface area contributed by atoms with E-state index in [0.29, 0.717) is 10.6 Å². The SMILES string of the molecule is CNCCC=Cc1ccc(C#N)c(Cl)c1. The predicted molar refractivity (Wildman–Crippen MR) is 63.7 cm³/mol. The Labute approximate surface area is 95.2 Å². The fourth-order valence-electron chi connectivity index (χ4n) is 1.17. The lowest BCUT2D eigenvalue weighted by Gasteiger charge is -1.97. The van der Waals surface area contributed by atoms with Crippen molar-refractivity contribution in [1.82, 2.24) is 5.32 Å². The first kappa shape index (κ1) is 11.8. The van der Waals surface area contributed by atoms with E-state index >= 15 is 0 Å². The Balaban J connectivity index is 2.68. The van der Waals surface area contributed by atoms with Crippen molar-refractivity contribution >= 4 is 17.7 Å². The molecule has 0 aliphatic rings. The van der Waals surface area contributed by atoms with Crippen LogP contribution in [0.15, 0.2) is 24.3 Å². The average Bonchev–Trinajstić information content (AvgIpc) is 2.25. The van der Waals surface area contributed by atoms with E-state index in [1.54, 1.807) is 12.1 Å². The molecule has 0 atom stereocenters. The van der Waals surface area contributed by atoms with Gasteiger partial charge in [-0.2, -0.15) is 5.26 Å². The van der Waals surface area contributed by atoms with Crippen LogP contribution in [-0.4, -0.2) is 13.6 Å². The van der Waals surface area contributed by atoms with Crippen molar-refractivity contribution in [1.29, 1.82) is 5.26 Å². The highest BCUT2D eigenvalue weighted by molar-refractivity contribution is 6.31. The number of hydrogen-bond donors (Lipinski definition) is 1. The molecule has 1 N–H and O–H groups in total. The zero-order valence-corrected chi connectivity index (χ0v) is 9.38. The molecule has 15 heavy (non-hydrogen) atoms. The molecule has 0 aromatic heterocycles. The van der Waals surface area contributed by atoms with Crippen molar-refractivity contribution in [2.45, 2.75) is 6.42 Å². The molecule has 0 radical (unpaired) electrons. The Morgan fingerprint density at radius 3 is 2.93 bits per heavy atom. The molecule has 0 heterocycles. The maximum Gasteiger partial charge on any atom is 0.101 e. The van der Waals surface area contributed by atoms with Gasteiger partial charge in [-0.05, 0) is 37.7 Å². The zero-order valence-electron chi connectivity index (χ0n) is 8.63. The van der Waals surface area contributed by atoms with Crippen LogP contribution in [0.5, 0.6) is 0 Å². The Kier molecular flexibility index (Phi) is 4.89. The number of benzene rings is 1. The van der Waals surface area contributed by atoms with Crippen LogP contribution < -0.4 is 5.32 Å². The summed E-state index contributed by atoms with van der Waals surface area (Å²) in [6, 6.07) is 7.46. The molecule has 0 aliphatic heterocycles. The second-order valence-electron chi connectivity index (χ2n) is 3.15. The maximum absolute atomic E-state index is 8.69. The van der Waals surface area contributed by atoms with Crippen LogP contribution in [0.1, 0.15) is 17.5 Å². The highest BCUT2D eigenvalue weighted by Gasteiger charge is 1.98. The van der Waals surface area contributed by atoms with Crippen molar-refractivity contribution < 1.29 is 0 Å². The fourth-order valence-corrected chi connectivity index (χ4v) is 1.40. The smallest absolute Gasteiger partial charge is 0.101 e. The number of nitrogens with zero attached hydrogens (tertiary/aromatic N) is 1. The van der Waals surface area contributed by atoms with Crippen LogP contribution in [0.4, 0.5) is 0 Å². The highest BCUT2D eigenvalue weighted by Crippen LogP contribution is 2.17. The van der Waals surface area contributed by atoms with Gasteiger partial charge >= 0.3 is 0 Å². The van der Waals surface area contributed by atoms with Gasteiger partial charge in [-0.1, -0.05) is 29.8 Å². The minimum atomic E-state index is 0.508. The molecular weight excluding hydrogens is 208 g/mol. The van der Waals surface area contributed by atoms with E-state index in [0.717, 1.165) is 18.5 Å². The van der Waals surface area contributed by atoms with Crippen LogP contribution in [0.25, 0.3) is 6.08 Å². The molecule has 0 unspecified atom stereocenters. The summed E-state index contributed by atoms with van der Waals surface area (Å²) in [5.41, 5.74) is 1.54.